The fourth-order valence-electron chi connectivity index (χ4n) is 3.93. The third-order valence-corrected chi connectivity index (χ3v) is 5.77. The molecule has 0 radical (unpaired) electrons. The molecule has 0 fully saturated rings. The second kappa shape index (κ2) is 7.50. The van der Waals surface area contributed by atoms with E-state index in [4.69, 9.17) is 14.8 Å². The maximum atomic E-state index is 13.1. The number of fused-ring (bicyclic) bond motifs is 3. The number of nitrogens with zero attached hydrogens (tertiary/aromatic N) is 3. The number of para-hydroxylation sites is 1. The van der Waals surface area contributed by atoms with E-state index in [9.17, 15) is 4.79 Å². The molecular weight excluding hydrogens is 396 g/mol. The molecule has 2 aliphatic heterocycles. The quantitative estimate of drug-likeness (QED) is 0.713. The van der Waals surface area contributed by atoms with Gasteiger partial charge in [-0.25, -0.2) is 5.01 Å². The second-order valence-corrected chi connectivity index (χ2v) is 7.70. The lowest BCUT2D eigenvalue weighted by Crippen LogP contribution is -2.50. The normalized spacial score (nSPS) is 17.6. The number of hydrazone groups is 1. The number of amidine groups is 1. The average molecular weight is 417 g/mol. The third kappa shape index (κ3) is 2.93. The number of amides is 1. The minimum atomic E-state index is -0.518. The number of thioether (sulfide) groups is 1. The maximum Gasteiger partial charge on any atom is 0.276 e. The highest BCUT2D eigenvalue weighted by atomic mass is 32.2. The number of rotatable bonds is 3. The van der Waals surface area contributed by atoms with Gasteiger partial charge in [0.25, 0.3) is 5.91 Å². The van der Waals surface area contributed by atoms with E-state index in [1.165, 1.54) is 11.8 Å². The van der Waals surface area contributed by atoms with E-state index in [1.807, 2.05) is 61.7 Å². The summed E-state index contributed by atoms with van der Waals surface area (Å²) >= 11 is 1.39. The lowest BCUT2D eigenvalue weighted by molar-refractivity contribution is -0.116. The summed E-state index contributed by atoms with van der Waals surface area (Å²) in [5.41, 5.74) is 1.40. The maximum absolute atomic E-state index is 13.1. The molecule has 1 amide bonds. The summed E-state index contributed by atoms with van der Waals surface area (Å²) < 4.78 is 6.00. The molecule has 3 aromatic rings. The highest BCUT2D eigenvalue weighted by Gasteiger charge is 2.36. The van der Waals surface area contributed by atoms with Crippen molar-refractivity contribution in [2.45, 2.75) is 13.1 Å². The Morgan fingerprint density at radius 3 is 2.73 bits per heavy atom. The Kier molecular flexibility index (Phi) is 4.67. The van der Waals surface area contributed by atoms with Crippen molar-refractivity contribution in [1.29, 1.82) is 0 Å². The van der Waals surface area contributed by atoms with Crippen LogP contribution in [0.2, 0.25) is 0 Å². The lowest BCUT2D eigenvalue weighted by atomic mass is 9.99. The Morgan fingerprint density at radius 2 is 1.90 bits per heavy atom. The van der Waals surface area contributed by atoms with Gasteiger partial charge in [-0.2, -0.15) is 0 Å². The Bertz CT molecular complexity index is 1320. The van der Waals surface area contributed by atoms with Gasteiger partial charge in [-0.05, 0) is 36.1 Å². The second-order valence-electron chi connectivity index (χ2n) is 6.91. The molecule has 5 rings (SSSR count). The standard InChI is InChI=1S/C23H20N4O2S/c1-3-29-18-13-12-14-8-4-5-9-15(14)19(18)21-24-17-11-7-6-10-16(17)20-22(28)25-23(30-2)26-27(20)21/h4-13,21H,3H2,1-2H3,(H,25,26,28)/t21-/m0/s1. The topological polar surface area (TPSA) is 66.3 Å². The predicted octanol–water partition coefficient (Wildman–Crippen LogP) is 2.74. The molecule has 0 bridgehead atoms. The van der Waals surface area contributed by atoms with Crippen molar-refractivity contribution in [3.05, 3.63) is 76.8 Å². The van der Waals surface area contributed by atoms with Gasteiger partial charge in [0.15, 0.2) is 11.3 Å². The van der Waals surface area contributed by atoms with Crippen molar-refractivity contribution < 1.29 is 9.53 Å². The summed E-state index contributed by atoms with van der Waals surface area (Å²) in [6.07, 6.45) is 1.37. The van der Waals surface area contributed by atoms with Crippen molar-refractivity contribution in [3.8, 4) is 5.75 Å². The molecule has 2 heterocycles. The third-order valence-electron chi connectivity index (χ3n) is 5.20. The van der Waals surface area contributed by atoms with Gasteiger partial charge in [0.1, 0.15) is 11.4 Å². The monoisotopic (exact) mass is 416 g/mol. The van der Waals surface area contributed by atoms with E-state index in [1.54, 1.807) is 5.01 Å². The molecule has 0 saturated heterocycles. The zero-order chi connectivity index (χ0) is 20.7. The van der Waals surface area contributed by atoms with Crippen LogP contribution in [-0.4, -0.2) is 28.9 Å². The van der Waals surface area contributed by atoms with Crippen LogP contribution in [0.1, 0.15) is 18.7 Å². The molecule has 0 aromatic heterocycles. The number of carbonyl (C=O) groups excluding carboxylic acids is 1. The minimum absolute atomic E-state index is 0.181. The van der Waals surface area contributed by atoms with Crippen LogP contribution < -0.4 is 20.6 Å². The largest absolute Gasteiger partial charge is 0.493 e. The summed E-state index contributed by atoms with van der Waals surface area (Å²) in [6.45, 7) is 2.49. The van der Waals surface area contributed by atoms with Crippen LogP contribution in [0.3, 0.4) is 0 Å². The molecule has 0 unspecified atom stereocenters. The molecule has 6 nitrogen and oxygen atoms in total. The predicted molar refractivity (Wildman–Crippen MR) is 119 cm³/mol. The SMILES string of the molecule is CCOc1ccc2ccccc2c1[C@H]1N=c2ccccc2=C2C(=O)NC(SC)=NN21. The van der Waals surface area contributed by atoms with Gasteiger partial charge in [0, 0.05) is 10.8 Å². The Morgan fingerprint density at radius 1 is 1.10 bits per heavy atom. The van der Waals surface area contributed by atoms with Gasteiger partial charge in [-0.15, -0.1) is 5.10 Å². The van der Waals surface area contributed by atoms with E-state index >= 15 is 0 Å². The van der Waals surface area contributed by atoms with Crippen molar-refractivity contribution >= 4 is 39.3 Å². The van der Waals surface area contributed by atoms with Crippen LogP contribution in [0.25, 0.3) is 16.5 Å². The number of ether oxygens (including phenoxy) is 1. The number of carbonyl (C=O) groups is 1. The van der Waals surface area contributed by atoms with Crippen LogP contribution in [-0.2, 0) is 4.79 Å². The molecule has 2 aliphatic rings. The first-order chi connectivity index (χ1) is 14.7. The van der Waals surface area contributed by atoms with E-state index in [-0.39, 0.29) is 5.91 Å². The summed E-state index contributed by atoms with van der Waals surface area (Å²) in [4.78, 5) is 18.1. The van der Waals surface area contributed by atoms with Crippen LogP contribution in [0.5, 0.6) is 5.75 Å². The van der Waals surface area contributed by atoms with Crippen molar-refractivity contribution in [3.63, 3.8) is 0 Å². The molecule has 30 heavy (non-hydrogen) atoms. The van der Waals surface area contributed by atoms with Gasteiger partial charge < -0.3 is 4.74 Å². The number of hydrogen-bond donors (Lipinski definition) is 1. The fourth-order valence-corrected chi connectivity index (χ4v) is 4.30. The smallest absolute Gasteiger partial charge is 0.276 e. The van der Waals surface area contributed by atoms with Crippen molar-refractivity contribution in [1.82, 2.24) is 10.3 Å². The molecule has 0 aliphatic carbocycles. The van der Waals surface area contributed by atoms with Gasteiger partial charge >= 0.3 is 0 Å². The Hall–Kier alpha value is -3.32. The first-order valence-corrected chi connectivity index (χ1v) is 11.0. The molecule has 0 saturated carbocycles. The van der Waals surface area contributed by atoms with E-state index < -0.39 is 6.17 Å². The van der Waals surface area contributed by atoms with Crippen LogP contribution in [0.15, 0.2) is 70.8 Å². The first-order valence-electron chi connectivity index (χ1n) is 9.76. The van der Waals surface area contributed by atoms with E-state index in [0.29, 0.717) is 17.5 Å². The zero-order valence-electron chi connectivity index (χ0n) is 16.6. The number of benzene rings is 3. The summed E-state index contributed by atoms with van der Waals surface area (Å²) in [5, 5.41) is 13.5. The van der Waals surface area contributed by atoms with Gasteiger partial charge in [0.05, 0.1) is 12.0 Å². The molecule has 1 atom stereocenters. The first kappa shape index (κ1) is 18.7. The average Bonchev–Trinajstić information content (AvgIpc) is 2.78. The summed E-state index contributed by atoms with van der Waals surface area (Å²) in [6, 6.07) is 19.8. The molecule has 150 valence electrons. The summed E-state index contributed by atoms with van der Waals surface area (Å²) in [5.74, 6) is 0.565. The fraction of sp³-hybridized carbons (Fsp3) is 0.174. The zero-order valence-corrected chi connectivity index (χ0v) is 17.4. The minimum Gasteiger partial charge on any atom is -0.493 e. The molecule has 0 spiro atoms. The van der Waals surface area contributed by atoms with Gasteiger partial charge in [-0.1, -0.05) is 60.3 Å². The Balaban J connectivity index is 1.85. The van der Waals surface area contributed by atoms with Crippen LogP contribution in [0, 0.1) is 0 Å². The number of hydrogen-bond acceptors (Lipinski definition) is 6. The molecule has 1 N–H and O–H groups in total. The highest BCUT2D eigenvalue weighted by Crippen LogP contribution is 2.40. The number of nitrogens with one attached hydrogen (secondary N) is 1. The molecular formula is C23H20N4O2S. The van der Waals surface area contributed by atoms with Crippen molar-refractivity contribution in [2.75, 3.05) is 12.9 Å². The molecule has 7 heteroatoms. The van der Waals surface area contributed by atoms with Gasteiger partial charge in [-0.3, -0.25) is 15.1 Å². The van der Waals surface area contributed by atoms with Crippen LogP contribution in [0.4, 0.5) is 0 Å². The van der Waals surface area contributed by atoms with E-state index in [2.05, 4.69) is 17.4 Å². The molecule has 3 aromatic carbocycles. The lowest BCUT2D eigenvalue weighted by Gasteiger charge is -2.35. The summed E-state index contributed by atoms with van der Waals surface area (Å²) in [7, 11) is 0. The van der Waals surface area contributed by atoms with Gasteiger partial charge in [0.2, 0.25) is 0 Å². The Labute approximate surface area is 177 Å². The van der Waals surface area contributed by atoms with Crippen LogP contribution >= 0.6 is 11.8 Å². The van der Waals surface area contributed by atoms with Crippen molar-refractivity contribution in [2.24, 2.45) is 10.1 Å². The van der Waals surface area contributed by atoms with E-state index in [0.717, 1.165) is 32.7 Å². The highest BCUT2D eigenvalue weighted by molar-refractivity contribution is 8.13.